The fourth-order valence-corrected chi connectivity index (χ4v) is 4.92. The van der Waals surface area contributed by atoms with E-state index in [1.165, 1.54) is 6.42 Å². The number of hydrogen-bond donors (Lipinski definition) is 0. The summed E-state index contributed by atoms with van der Waals surface area (Å²) in [6, 6.07) is 5.84. The first kappa shape index (κ1) is 17.8. The Balaban J connectivity index is 1.70. The molecule has 0 unspecified atom stereocenters. The van der Waals surface area contributed by atoms with Gasteiger partial charge in [-0.05, 0) is 65.1 Å². The monoisotopic (exact) mass is 364 g/mol. The smallest absolute Gasteiger partial charge is 0.310 e. The Morgan fingerprint density at radius 3 is 2.92 bits per heavy atom. The summed E-state index contributed by atoms with van der Waals surface area (Å²) < 4.78 is 7.08. The Labute approximate surface area is 153 Å². The molecule has 130 valence electrons. The Morgan fingerprint density at radius 2 is 2.17 bits per heavy atom. The summed E-state index contributed by atoms with van der Waals surface area (Å²) in [5.74, 6) is 1.56. The lowest BCUT2D eigenvalue weighted by Crippen LogP contribution is -2.36. The van der Waals surface area contributed by atoms with Gasteiger partial charge in [0.2, 0.25) is 0 Å². The van der Waals surface area contributed by atoms with Gasteiger partial charge >= 0.3 is 5.97 Å². The molecule has 4 heteroatoms. The van der Waals surface area contributed by atoms with E-state index >= 15 is 0 Å². The lowest BCUT2D eigenvalue weighted by atomic mass is 9.75. The summed E-state index contributed by atoms with van der Waals surface area (Å²) in [7, 11) is 0. The van der Waals surface area contributed by atoms with E-state index in [-0.39, 0.29) is 12.1 Å². The molecule has 0 aliphatic heterocycles. The summed E-state index contributed by atoms with van der Waals surface area (Å²) in [5.41, 5.74) is 1.02. The molecule has 0 spiro atoms. The lowest BCUT2D eigenvalue weighted by Gasteiger charge is -2.36. The van der Waals surface area contributed by atoms with Crippen molar-refractivity contribution < 1.29 is 9.53 Å². The van der Waals surface area contributed by atoms with Crippen molar-refractivity contribution in [3.8, 4) is 0 Å². The quantitative estimate of drug-likeness (QED) is 0.612. The Kier molecular flexibility index (Phi) is 5.51. The average molecular weight is 365 g/mol. The molecule has 0 bridgehead atoms. The van der Waals surface area contributed by atoms with E-state index in [0.717, 1.165) is 28.5 Å². The topological polar surface area (TPSA) is 26.3 Å². The van der Waals surface area contributed by atoms with Crippen LogP contribution in [-0.4, -0.2) is 12.1 Å². The Morgan fingerprint density at radius 1 is 1.38 bits per heavy atom. The third-order valence-corrected chi connectivity index (χ3v) is 6.44. The van der Waals surface area contributed by atoms with Crippen LogP contribution in [0.2, 0.25) is 5.02 Å². The molecule has 1 fully saturated rings. The first-order valence-corrected chi connectivity index (χ1v) is 10.0. The van der Waals surface area contributed by atoms with E-state index in [1.807, 2.05) is 23.6 Å². The van der Waals surface area contributed by atoms with Crippen LogP contribution < -0.4 is 0 Å². The van der Waals surface area contributed by atoms with Crippen LogP contribution >= 0.6 is 22.9 Å². The molecule has 1 saturated carbocycles. The zero-order valence-electron chi connectivity index (χ0n) is 14.5. The Hall–Kier alpha value is -1.06. The SMILES string of the molecule is CC(C)[C@@H]1CC[C@@H](C)C[C@H]1OC(=O)Cc1csc2ccc(Cl)cc12. The zero-order valence-corrected chi connectivity index (χ0v) is 16.1. The van der Waals surface area contributed by atoms with Crippen molar-refractivity contribution >= 4 is 39.0 Å². The van der Waals surface area contributed by atoms with Crippen LogP contribution in [-0.2, 0) is 16.0 Å². The van der Waals surface area contributed by atoms with Gasteiger partial charge < -0.3 is 4.74 Å². The molecule has 0 saturated heterocycles. The number of esters is 1. The summed E-state index contributed by atoms with van der Waals surface area (Å²) >= 11 is 7.75. The normalized spacial score (nSPS) is 24.5. The van der Waals surface area contributed by atoms with Gasteiger partial charge in [-0.25, -0.2) is 0 Å². The van der Waals surface area contributed by atoms with Gasteiger partial charge in [-0.3, -0.25) is 4.79 Å². The summed E-state index contributed by atoms with van der Waals surface area (Å²) in [6.45, 7) is 6.72. The van der Waals surface area contributed by atoms with Crippen LogP contribution in [0.25, 0.3) is 10.1 Å². The molecule has 1 heterocycles. The molecule has 0 N–H and O–H groups in total. The second kappa shape index (κ2) is 7.45. The number of carbonyl (C=O) groups excluding carboxylic acids is 1. The number of benzene rings is 1. The average Bonchev–Trinajstić information content (AvgIpc) is 2.89. The van der Waals surface area contributed by atoms with Crippen molar-refractivity contribution in [2.24, 2.45) is 17.8 Å². The van der Waals surface area contributed by atoms with Gasteiger partial charge in [-0.15, -0.1) is 11.3 Å². The van der Waals surface area contributed by atoms with Crippen LogP contribution in [0.5, 0.6) is 0 Å². The minimum atomic E-state index is -0.112. The minimum absolute atomic E-state index is 0.0646. The number of carbonyl (C=O) groups is 1. The molecule has 0 amide bonds. The van der Waals surface area contributed by atoms with Crippen LogP contribution in [0.1, 0.15) is 45.6 Å². The minimum Gasteiger partial charge on any atom is -0.462 e. The maximum Gasteiger partial charge on any atom is 0.310 e. The number of fused-ring (bicyclic) bond motifs is 1. The summed E-state index contributed by atoms with van der Waals surface area (Å²) in [4.78, 5) is 12.5. The van der Waals surface area contributed by atoms with Crippen molar-refractivity contribution in [3.05, 3.63) is 34.2 Å². The van der Waals surface area contributed by atoms with Crippen molar-refractivity contribution in [2.45, 2.75) is 52.6 Å². The number of halogens is 1. The van der Waals surface area contributed by atoms with E-state index in [2.05, 4.69) is 20.8 Å². The van der Waals surface area contributed by atoms with E-state index in [0.29, 0.717) is 29.2 Å². The molecule has 1 aliphatic rings. The van der Waals surface area contributed by atoms with Crippen LogP contribution in [0.3, 0.4) is 0 Å². The van der Waals surface area contributed by atoms with Crippen LogP contribution in [0.4, 0.5) is 0 Å². The van der Waals surface area contributed by atoms with Crippen molar-refractivity contribution in [1.29, 1.82) is 0 Å². The maximum absolute atomic E-state index is 12.5. The molecule has 24 heavy (non-hydrogen) atoms. The molecule has 1 aromatic heterocycles. The van der Waals surface area contributed by atoms with Crippen LogP contribution in [0.15, 0.2) is 23.6 Å². The molecule has 3 rings (SSSR count). The first-order valence-electron chi connectivity index (χ1n) is 8.79. The molecule has 1 aromatic carbocycles. The fraction of sp³-hybridized carbons (Fsp3) is 0.550. The highest BCUT2D eigenvalue weighted by molar-refractivity contribution is 7.17. The number of hydrogen-bond acceptors (Lipinski definition) is 3. The summed E-state index contributed by atoms with van der Waals surface area (Å²) in [5, 5.41) is 3.82. The number of ether oxygens (including phenoxy) is 1. The van der Waals surface area contributed by atoms with Gasteiger partial charge in [0, 0.05) is 9.72 Å². The van der Waals surface area contributed by atoms with Crippen molar-refractivity contribution in [2.75, 3.05) is 0 Å². The highest BCUT2D eigenvalue weighted by Crippen LogP contribution is 2.36. The third kappa shape index (κ3) is 3.94. The molecule has 2 aromatic rings. The second-order valence-corrected chi connectivity index (χ2v) is 8.78. The molecule has 3 atom stereocenters. The van der Waals surface area contributed by atoms with Gasteiger partial charge in [0.1, 0.15) is 6.10 Å². The molecular weight excluding hydrogens is 340 g/mol. The molecule has 1 aliphatic carbocycles. The molecular formula is C20H25ClO2S. The zero-order chi connectivity index (χ0) is 17.3. The first-order chi connectivity index (χ1) is 11.4. The molecule has 2 nitrogen and oxygen atoms in total. The highest BCUT2D eigenvalue weighted by Gasteiger charge is 2.33. The third-order valence-electron chi connectivity index (χ3n) is 5.19. The predicted octanol–water partition coefficient (Wildman–Crippen LogP) is 6.10. The predicted molar refractivity (Wildman–Crippen MR) is 102 cm³/mol. The maximum atomic E-state index is 12.5. The number of rotatable bonds is 4. The van der Waals surface area contributed by atoms with E-state index < -0.39 is 0 Å². The summed E-state index contributed by atoms with van der Waals surface area (Å²) in [6.07, 6.45) is 3.79. The highest BCUT2D eigenvalue weighted by atomic mass is 35.5. The van der Waals surface area contributed by atoms with Gasteiger partial charge in [0.05, 0.1) is 6.42 Å². The van der Waals surface area contributed by atoms with Gasteiger partial charge in [0.25, 0.3) is 0 Å². The number of thiophene rings is 1. The van der Waals surface area contributed by atoms with Crippen molar-refractivity contribution in [3.63, 3.8) is 0 Å². The lowest BCUT2D eigenvalue weighted by molar-refractivity contribution is -0.155. The van der Waals surface area contributed by atoms with E-state index in [1.54, 1.807) is 11.3 Å². The van der Waals surface area contributed by atoms with Gasteiger partial charge in [0.15, 0.2) is 0 Å². The largest absolute Gasteiger partial charge is 0.462 e. The second-order valence-electron chi connectivity index (χ2n) is 7.43. The molecule has 0 radical (unpaired) electrons. The van der Waals surface area contributed by atoms with Crippen LogP contribution in [0, 0.1) is 17.8 Å². The van der Waals surface area contributed by atoms with Gasteiger partial charge in [-0.1, -0.05) is 38.8 Å². The van der Waals surface area contributed by atoms with Crippen molar-refractivity contribution in [1.82, 2.24) is 0 Å². The van der Waals surface area contributed by atoms with E-state index in [9.17, 15) is 4.79 Å². The van der Waals surface area contributed by atoms with Gasteiger partial charge in [-0.2, -0.15) is 0 Å². The Bertz CT molecular complexity index is 721. The van der Waals surface area contributed by atoms with E-state index in [4.69, 9.17) is 16.3 Å². The fourth-order valence-electron chi connectivity index (χ4n) is 3.81. The standard InChI is InChI=1S/C20H25ClO2S/c1-12(2)16-6-4-13(3)8-18(16)23-20(22)9-14-11-24-19-7-5-15(21)10-17(14)19/h5,7,10-13,16,18H,4,6,8-9H2,1-3H3/t13-,16+,18-/m1/s1.